The fourth-order valence-electron chi connectivity index (χ4n) is 4.40. The van der Waals surface area contributed by atoms with Gasteiger partial charge < -0.3 is 15.5 Å². The van der Waals surface area contributed by atoms with E-state index in [1.807, 2.05) is 0 Å². The standard InChI is InChI=1S/C17H31N3O/c1-2-20-11-9-14(10-12-20)18-17(21)16-8-7-13-5-3-4-6-15(13)19-16/h13-16,19H,2-12H2,1H3,(H,18,21). The van der Waals surface area contributed by atoms with Crippen LogP contribution in [-0.2, 0) is 4.79 Å². The fourth-order valence-corrected chi connectivity index (χ4v) is 4.40. The van der Waals surface area contributed by atoms with Gasteiger partial charge in [0.1, 0.15) is 0 Å². The van der Waals surface area contributed by atoms with Gasteiger partial charge in [-0.3, -0.25) is 4.79 Å². The summed E-state index contributed by atoms with van der Waals surface area (Å²) >= 11 is 0. The average molecular weight is 293 g/mol. The van der Waals surface area contributed by atoms with Crippen molar-refractivity contribution in [2.75, 3.05) is 19.6 Å². The summed E-state index contributed by atoms with van der Waals surface area (Å²) in [6.45, 7) is 5.61. The predicted molar refractivity (Wildman–Crippen MR) is 85.2 cm³/mol. The molecule has 4 heteroatoms. The molecule has 2 heterocycles. The van der Waals surface area contributed by atoms with Crippen LogP contribution in [0.15, 0.2) is 0 Å². The molecule has 0 aromatic heterocycles. The smallest absolute Gasteiger partial charge is 0.237 e. The summed E-state index contributed by atoms with van der Waals surface area (Å²) in [6, 6.07) is 1.06. The van der Waals surface area contributed by atoms with Gasteiger partial charge in [0.2, 0.25) is 5.91 Å². The summed E-state index contributed by atoms with van der Waals surface area (Å²) in [6.07, 6.45) is 9.83. The summed E-state index contributed by atoms with van der Waals surface area (Å²) in [7, 11) is 0. The Bertz CT molecular complexity index is 352. The first-order chi connectivity index (χ1) is 10.3. The molecule has 2 saturated heterocycles. The molecular weight excluding hydrogens is 262 g/mol. The Morgan fingerprint density at radius 1 is 1.10 bits per heavy atom. The highest BCUT2D eigenvalue weighted by Crippen LogP contribution is 2.32. The van der Waals surface area contributed by atoms with Gasteiger partial charge in [-0.1, -0.05) is 19.8 Å². The molecule has 1 saturated carbocycles. The second-order valence-corrected chi connectivity index (χ2v) is 7.16. The molecule has 0 radical (unpaired) electrons. The molecule has 0 aromatic carbocycles. The molecule has 0 spiro atoms. The molecule has 0 aromatic rings. The highest BCUT2D eigenvalue weighted by atomic mass is 16.2. The van der Waals surface area contributed by atoms with Crippen molar-refractivity contribution in [2.24, 2.45) is 5.92 Å². The topological polar surface area (TPSA) is 44.4 Å². The van der Waals surface area contributed by atoms with Crippen LogP contribution in [0, 0.1) is 5.92 Å². The van der Waals surface area contributed by atoms with Crippen LogP contribution in [0.25, 0.3) is 0 Å². The number of piperidine rings is 2. The van der Waals surface area contributed by atoms with Crippen molar-refractivity contribution in [3.63, 3.8) is 0 Å². The van der Waals surface area contributed by atoms with Crippen LogP contribution in [0.4, 0.5) is 0 Å². The zero-order chi connectivity index (χ0) is 14.7. The van der Waals surface area contributed by atoms with Crippen LogP contribution in [-0.4, -0.2) is 48.6 Å². The van der Waals surface area contributed by atoms with Crippen molar-refractivity contribution < 1.29 is 4.79 Å². The average Bonchev–Trinajstić information content (AvgIpc) is 2.55. The van der Waals surface area contributed by atoms with Crippen molar-refractivity contribution in [1.82, 2.24) is 15.5 Å². The van der Waals surface area contributed by atoms with Crippen LogP contribution in [0.1, 0.15) is 58.3 Å². The number of amides is 1. The Kier molecular flexibility index (Phi) is 5.17. The number of rotatable bonds is 3. The van der Waals surface area contributed by atoms with E-state index in [0.717, 1.165) is 44.8 Å². The van der Waals surface area contributed by atoms with Gasteiger partial charge in [0, 0.05) is 25.2 Å². The normalized spacial score (nSPS) is 35.2. The number of carbonyl (C=O) groups excluding carboxylic acids is 1. The Hall–Kier alpha value is -0.610. The number of hydrogen-bond donors (Lipinski definition) is 2. The third kappa shape index (κ3) is 3.78. The molecule has 3 rings (SSSR count). The maximum absolute atomic E-state index is 12.5. The lowest BCUT2D eigenvalue weighted by Gasteiger charge is -2.40. The number of hydrogen-bond acceptors (Lipinski definition) is 3. The summed E-state index contributed by atoms with van der Waals surface area (Å²) in [4.78, 5) is 15.0. The fraction of sp³-hybridized carbons (Fsp3) is 0.941. The van der Waals surface area contributed by atoms with Crippen molar-refractivity contribution in [1.29, 1.82) is 0 Å². The molecule has 3 atom stereocenters. The van der Waals surface area contributed by atoms with Crippen LogP contribution < -0.4 is 10.6 Å². The molecule has 1 aliphatic carbocycles. The highest BCUT2D eigenvalue weighted by molar-refractivity contribution is 5.82. The van der Waals surface area contributed by atoms with E-state index in [0.29, 0.717) is 12.1 Å². The molecule has 3 fully saturated rings. The maximum Gasteiger partial charge on any atom is 0.237 e. The minimum atomic E-state index is 0.0635. The Labute approximate surface area is 129 Å². The molecule has 3 aliphatic rings. The lowest BCUT2D eigenvalue weighted by molar-refractivity contribution is -0.125. The van der Waals surface area contributed by atoms with Gasteiger partial charge in [0.05, 0.1) is 6.04 Å². The zero-order valence-corrected chi connectivity index (χ0v) is 13.4. The van der Waals surface area contributed by atoms with Crippen molar-refractivity contribution in [2.45, 2.75) is 76.4 Å². The van der Waals surface area contributed by atoms with E-state index >= 15 is 0 Å². The van der Waals surface area contributed by atoms with Crippen LogP contribution >= 0.6 is 0 Å². The maximum atomic E-state index is 12.5. The highest BCUT2D eigenvalue weighted by Gasteiger charge is 2.35. The van der Waals surface area contributed by atoms with Gasteiger partial charge in [-0.25, -0.2) is 0 Å². The van der Waals surface area contributed by atoms with Gasteiger partial charge in [-0.05, 0) is 51.0 Å². The first-order valence-electron chi connectivity index (χ1n) is 9.05. The van der Waals surface area contributed by atoms with Crippen LogP contribution in [0.2, 0.25) is 0 Å². The Balaban J connectivity index is 1.45. The monoisotopic (exact) mass is 293 g/mol. The molecule has 120 valence electrons. The lowest BCUT2D eigenvalue weighted by atomic mass is 9.77. The van der Waals surface area contributed by atoms with Crippen molar-refractivity contribution >= 4 is 5.91 Å². The van der Waals surface area contributed by atoms with Gasteiger partial charge in [0.15, 0.2) is 0 Å². The molecule has 21 heavy (non-hydrogen) atoms. The first kappa shape index (κ1) is 15.3. The molecule has 4 nitrogen and oxygen atoms in total. The molecule has 1 amide bonds. The predicted octanol–water partition coefficient (Wildman–Crippen LogP) is 1.90. The van der Waals surface area contributed by atoms with E-state index in [1.54, 1.807) is 0 Å². The second-order valence-electron chi connectivity index (χ2n) is 7.16. The number of nitrogens with zero attached hydrogens (tertiary/aromatic N) is 1. The molecule has 0 bridgehead atoms. The molecule has 2 aliphatic heterocycles. The van der Waals surface area contributed by atoms with E-state index in [1.165, 1.54) is 32.1 Å². The number of nitrogens with one attached hydrogen (secondary N) is 2. The molecule has 2 N–H and O–H groups in total. The minimum Gasteiger partial charge on any atom is -0.352 e. The third-order valence-electron chi connectivity index (χ3n) is 5.85. The SMILES string of the molecule is CCN1CCC(NC(=O)C2CCC3CCCCC3N2)CC1. The van der Waals surface area contributed by atoms with Gasteiger partial charge in [-0.15, -0.1) is 0 Å². The number of fused-ring (bicyclic) bond motifs is 1. The Morgan fingerprint density at radius 3 is 2.62 bits per heavy atom. The summed E-state index contributed by atoms with van der Waals surface area (Å²) in [5, 5.41) is 6.94. The van der Waals surface area contributed by atoms with E-state index in [2.05, 4.69) is 22.5 Å². The van der Waals surface area contributed by atoms with Gasteiger partial charge in [-0.2, -0.15) is 0 Å². The van der Waals surface area contributed by atoms with E-state index in [-0.39, 0.29) is 11.9 Å². The van der Waals surface area contributed by atoms with Crippen LogP contribution in [0.5, 0.6) is 0 Å². The molecule has 3 unspecified atom stereocenters. The van der Waals surface area contributed by atoms with Crippen LogP contribution in [0.3, 0.4) is 0 Å². The van der Waals surface area contributed by atoms with Gasteiger partial charge >= 0.3 is 0 Å². The largest absolute Gasteiger partial charge is 0.352 e. The summed E-state index contributed by atoms with van der Waals surface area (Å²) < 4.78 is 0. The van der Waals surface area contributed by atoms with Crippen molar-refractivity contribution in [3.8, 4) is 0 Å². The van der Waals surface area contributed by atoms with Gasteiger partial charge in [0.25, 0.3) is 0 Å². The number of carbonyl (C=O) groups is 1. The lowest BCUT2D eigenvalue weighted by Crippen LogP contribution is -2.57. The van der Waals surface area contributed by atoms with Crippen molar-refractivity contribution in [3.05, 3.63) is 0 Å². The Morgan fingerprint density at radius 2 is 1.86 bits per heavy atom. The van der Waals surface area contributed by atoms with E-state index in [4.69, 9.17) is 0 Å². The second kappa shape index (κ2) is 7.10. The van der Waals surface area contributed by atoms with E-state index < -0.39 is 0 Å². The van der Waals surface area contributed by atoms with E-state index in [9.17, 15) is 4.79 Å². The first-order valence-corrected chi connectivity index (χ1v) is 9.05. The number of likely N-dealkylation sites (tertiary alicyclic amines) is 1. The third-order valence-corrected chi connectivity index (χ3v) is 5.85. The zero-order valence-electron chi connectivity index (χ0n) is 13.4. The summed E-state index contributed by atoms with van der Waals surface area (Å²) in [5.41, 5.74) is 0. The summed E-state index contributed by atoms with van der Waals surface area (Å²) in [5.74, 6) is 1.09. The minimum absolute atomic E-state index is 0.0635. The quantitative estimate of drug-likeness (QED) is 0.835. The molecular formula is C17H31N3O.